The van der Waals surface area contributed by atoms with Crippen molar-refractivity contribution in [2.45, 2.75) is 0 Å². The van der Waals surface area contributed by atoms with E-state index in [2.05, 4.69) is 0 Å². The lowest BCUT2D eigenvalue weighted by atomic mass is 9.92. The first-order valence-corrected chi connectivity index (χ1v) is 6.97. The number of halogens is 4. The lowest BCUT2D eigenvalue weighted by molar-refractivity contribution is 1.57. The second-order valence-electron chi connectivity index (χ2n) is 5.16. The molecule has 0 aliphatic carbocycles. The molecular formula is C18H22Cl4N4. The van der Waals surface area contributed by atoms with Gasteiger partial charge < -0.3 is 22.9 Å². The van der Waals surface area contributed by atoms with E-state index in [1.54, 1.807) is 12.1 Å². The van der Waals surface area contributed by atoms with Gasteiger partial charge in [-0.15, -0.1) is 49.6 Å². The van der Waals surface area contributed by atoms with Gasteiger partial charge in [-0.2, -0.15) is 0 Å². The highest BCUT2D eigenvalue weighted by molar-refractivity contribution is 5.96. The van der Waals surface area contributed by atoms with E-state index in [1.165, 1.54) is 0 Å². The molecular weight excluding hydrogens is 414 g/mol. The Morgan fingerprint density at radius 3 is 1.04 bits per heavy atom. The Morgan fingerprint density at radius 1 is 0.385 bits per heavy atom. The van der Waals surface area contributed by atoms with Crippen LogP contribution in [0.3, 0.4) is 0 Å². The van der Waals surface area contributed by atoms with Crippen LogP contribution < -0.4 is 22.9 Å². The quantitative estimate of drug-likeness (QED) is 0.423. The minimum Gasteiger partial charge on any atom is -0.397 e. The average molecular weight is 436 g/mol. The van der Waals surface area contributed by atoms with Crippen molar-refractivity contribution in [2.75, 3.05) is 22.9 Å². The molecule has 0 radical (unpaired) electrons. The van der Waals surface area contributed by atoms with Gasteiger partial charge in [-0.3, -0.25) is 0 Å². The molecule has 0 saturated carbocycles. The van der Waals surface area contributed by atoms with Gasteiger partial charge in [0, 0.05) is 11.1 Å². The summed E-state index contributed by atoms with van der Waals surface area (Å²) in [6.07, 6.45) is 0. The number of nitrogen functional groups attached to an aromatic ring is 4. The van der Waals surface area contributed by atoms with E-state index < -0.39 is 0 Å². The van der Waals surface area contributed by atoms with E-state index >= 15 is 0 Å². The predicted octanol–water partition coefficient (Wildman–Crippen LogP) is 5.04. The summed E-state index contributed by atoms with van der Waals surface area (Å²) in [5.41, 5.74) is 30.1. The molecule has 0 bridgehead atoms. The Kier molecular flexibility index (Phi) is 11.0. The van der Waals surface area contributed by atoms with Crippen LogP contribution in [0.2, 0.25) is 0 Å². The molecule has 0 heterocycles. The fourth-order valence-electron chi connectivity index (χ4n) is 2.59. The summed E-state index contributed by atoms with van der Waals surface area (Å²) in [7, 11) is 0. The second kappa shape index (κ2) is 10.9. The molecule has 142 valence electrons. The molecule has 0 aliphatic rings. The van der Waals surface area contributed by atoms with Crippen molar-refractivity contribution < 1.29 is 0 Å². The number of rotatable bonds is 2. The van der Waals surface area contributed by atoms with Gasteiger partial charge in [0.05, 0.1) is 22.7 Å². The second-order valence-corrected chi connectivity index (χ2v) is 5.16. The highest BCUT2D eigenvalue weighted by Crippen LogP contribution is 2.40. The number of hydrogen-bond donors (Lipinski definition) is 4. The number of benzene rings is 3. The minimum atomic E-state index is 0. The molecule has 0 fully saturated rings. The zero-order valence-electron chi connectivity index (χ0n) is 13.7. The van der Waals surface area contributed by atoms with Crippen LogP contribution in [0.4, 0.5) is 22.7 Å². The van der Waals surface area contributed by atoms with E-state index in [0.717, 1.165) is 22.3 Å². The lowest BCUT2D eigenvalue weighted by Gasteiger charge is -2.15. The monoisotopic (exact) mass is 434 g/mol. The number of hydrogen-bond acceptors (Lipinski definition) is 4. The smallest absolute Gasteiger partial charge is 0.0627 e. The fourth-order valence-corrected chi connectivity index (χ4v) is 2.59. The van der Waals surface area contributed by atoms with E-state index in [9.17, 15) is 0 Å². The molecule has 3 aromatic rings. The van der Waals surface area contributed by atoms with Crippen molar-refractivity contribution in [2.24, 2.45) is 0 Å². The zero-order valence-corrected chi connectivity index (χ0v) is 17.0. The molecule has 0 aliphatic heterocycles. The third-order valence-corrected chi connectivity index (χ3v) is 3.79. The first-order valence-electron chi connectivity index (χ1n) is 6.97. The molecule has 0 aromatic heterocycles. The largest absolute Gasteiger partial charge is 0.397 e. The molecule has 0 spiro atoms. The van der Waals surface area contributed by atoms with Gasteiger partial charge in [0.15, 0.2) is 0 Å². The van der Waals surface area contributed by atoms with Crippen LogP contribution in [0.5, 0.6) is 0 Å². The Balaban J connectivity index is 0. The molecule has 26 heavy (non-hydrogen) atoms. The number of nitrogens with two attached hydrogens (primary N) is 4. The zero-order chi connectivity index (χ0) is 15.7. The Morgan fingerprint density at radius 2 is 0.692 bits per heavy atom. The Bertz CT molecular complexity index is 786. The summed E-state index contributed by atoms with van der Waals surface area (Å²) in [5, 5.41) is 0. The molecule has 8 heteroatoms. The third-order valence-electron chi connectivity index (χ3n) is 3.79. The highest BCUT2D eigenvalue weighted by atomic mass is 35.5. The summed E-state index contributed by atoms with van der Waals surface area (Å²) in [6.45, 7) is 0. The summed E-state index contributed by atoms with van der Waals surface area (Å²) >= 11 is 0. The van der Waals surface area contributed by atoms with Gasteiger partial charge in [-0.1, -0.05) is 48.5 Å². The van der Waals surface area contributed by atoms with Gasteiger partial charge in [0.1, 0.15) is 0 Å². The molecule has 3 rings (SSSR count). The van der Waals surface area contributed by atoms with E-state index in [4.69, 9.17) is 22.9 Å². The van der Waals surface area contributed by atoms with Gasteiger partial charge in [-0.05, 0) is 23.3 Å². The summed E-state index contributed by atoms with van der Waals surface area (Å²) < 4.78 is 0. The van der Waals surface area contributed by atoms with Crippen LogP contribution in [-0.4, -0.2) is 0 Å². The molecule has 0 unspecified atom stereocenters. The van der Waals surface area contributed by atoms with Gasteiger partial charge in [0.25, 0.3) is 0 Å². The normalized spacial score (nSPS) is 8.92. The van der Waals surface area contributed by atoms with E-state index in [0.29, 0.717) is 22.7 Å². The SMILES string of the molecule is Cl.Cl.Cl.Cl.Nc1cccc(-c2ccccc2-c2cccc(N)c2N)c1N. The summed E-state index contributed by atoms with van der Waals surface area (Å²) in [4.78, 5) is 0. The van der Waals surface area contributed by atoms with E-state index in [-0.39, 0.29) is 49.6 Å². The topological polar surface area (TPSA) is 104 Å². The Hall–Kier alpha value is -1.98. The third kappa shape index (κ3) is 4.80. The molecule has 0 saturated heterocycles. The minimum absolute atomic E-state index is 0. The van der Waals surface area contributed by atoms with Crippen LogP contribution in [0.25, 0.3) is 22.3 Å². The van der Waals surface area contributed by atoms with Crippen LogP contribution in [0.1, 0.15) is 0 Å². The van der Waals surface area contributed by atoms with Gasteiger partial charge >= 0.3 is 0 Å². The van der Waals surface area contributed by atoms with Gasteiger partial charge in [-0.25, -0.2) is 0 Å². The maximum atomic E-state index is 6.15. The van der Waals surface area contributed by atoms with Crippen LogP contribution in [-0.2, 0) is 0 Å². The van der Waals surface area contributed by atoms with Crippen LogP contribution >= 0.6 is 49.6 Å². The summed E-state index contributed by atoms with van der Waals surface area (Å²) in [5.74, 6) is 0. The Labute approximate surface area is 178 Å². The predicted molar refractivity (Wildman–Crippen MR) is 124 cm³/mol. The lowest BCUT2D eigenvalue weighted by Crippen LogP contribution is -2.00. The standard InChI is InChI=1S/C18H18N4.4ClH/c19-15-9-3-7-13(17(15)21)11-5-1-2-6-12(11)14-8-4-10-16(20)18(14)22;;;;/h1-10H,19-22H2;4*1H. The molecule has 0 atom stereocenters. The first-order chi connectivity index (χ1) is 10.6. The summed E-state index contributed by atoms with van der Waals surface area (Å²) in [6, 6.07) is 19.2. The first kappa shape index (κ1) is 26.3. The van der Waals surface area contributed by atoms with Crippen molar-refractivity contribution in [3.63, 3.8) is 0 Å². The van der Waals surface area contributed by atoms with E-state index in [1.807, 2.05) is 48.5 Å². The fraction of sp³-hybridized carbons (Fsp3) is 0. The van der Waals surface area contributed by atoms with Crippen molar-refractivity contribution in [1.82, 2.24) is 0 Å². The van der Waals surface area contributed by atoms with Gasteiger partial charge in [0.2, 0.25) is 0 Å². The van der Waals surface area contributed by atoms with Crippen molar-refractivity contribution in [3.8, 4) is 22.3 Å². The number of anilines is 4. The van der Waals surface area contributed by atoms with Crippen molar-refractivity contribution in [1.29, 1.82) is 0 Å². The average Bonchev–Trinajstić information content (AvgIpc) is 2.53. The molecule has 0 amide bonds. The van der Waals surface area contributed by atoms with Crippen LogP contribution in [0.15, 0.2) is 60.7 Å². The number of para-hydroxylation sites is 2. The molecule has 8 N–H and O–H groups in total. The van der Waals surface area contributed by atoms with Crippen molar-refractivity contribution in [3.05, 3.63) is 60.7 Å². The van der Waals surface area contributed by atoms with Crippen molar-refractivity contribution >= 4 is 72.4 Å². The highest BCUT2D eigenvalue weighted by Gasteiger charge is 2.13. The molecule has 3 aromatic carbocycles. The maximum absolute atomic E-state index is 6.15. The maximum Gasteiger partial charge on any atom is 0.0627 e. The molecule has 4 nitrogen and oxygen atoms in total. The van der Waals surface area contributed by atoms with Crippen LogP contribution in [0, 0.1) is 0 Å².